The van der Waals surface area contributed by atoms with Gasteiger partial charge in [0.25, 0.3) is 5.91 Å². The quantitative estimate of drug-likeness (QED) is 0.812. The lowest BCUT2D eigenvalue weighted by Gasteiger charge is -2.23. The molecule has 1 aliphatic carbocycles. The monoisotopic (exact) mass is 395 g/mol. The van der Waals surface area contributed by atoms with E-state index >= 15 is 0 Å². The van der Waals surface area contributed by atoms with Gasteiger partial charge in [0.05, 0.1) is 12.7 Å². The second kappa shape index (κ2) is 8.46. The lowest BCUT2D eigenvalue weighted by Crippen LogP contribution is -2.38. The minimum Gasteiger partial charge on any atom is -0.496 e. The molecule has 0 aromatic carbocycles. The van der Waals surface area contributed by atoms with Crippen LogP contribution in [0.5, 0.6) is 5.75 Å². The fourth-order valence-corrected chi connectivity index (χ4v) is 4.01. The molecule has 0 radical (unpaired) electrons. The van der Waals surface area contributed by atoms with Gasteiger partial charge in [0, 0.05) is 44.3 Å². The molecule has 152 valence electrons. The molecular formula is C21H25N5O3. The molecule has 3 heterocycles. The van der Waals surface area contributed by atoms with Crippen LogP contribution >= 0.6 is 0 Å². The minimum absolute atomic E-state index is 0.0501. The summed E-state index contributed by atoms with van der Waals surface area (Å²) in [5, 5.41) is 2.84. The molecule has 0 spiro atoms. The Balaban J connectivity index is 1.36. The molecule has 0 bridgehead atoms. The molecule has 2 fully saturated rings. The van der Waals surface area contributed by atoms with Crippen molar-refractivity contribution in [3.05, 3.63) is 47.9 Å². The first kappa shape index (κ1) is 19.2. The first-order valence-electron chi connectivity index (χ1n) is 9.96. The van der Waals surface area contributed by atoms with Crippen molar-refractivity contribution in [2.24, 2.45) is 0 Å². The Morgan fingerprint density at radius 2 is 2.03 bits per heavy atom. The molecule has 2 aromatic rings. The predicted octanol–water partition coefficient (Wildman–Crippen LogP) is 2.60. The zero-order valence-corrected chi connectivity index (χ0v) is 16.5. The highest BCUT2D eigenvalue weighted by Gasteiger charge is 2.36. The Labute approximate surface area is 169 Å². The van der Waals surface area contributed by atoms with Crippen molar-refractivity contribution < 1.29 is 14.3 Å². The number of carbonyl (C=O) groups is 2. The lowest BCUT2D eigenvalue weighted by atomic mass is 10.2. The highest BCUT2D eigenvalue weighted by Crippen LogP contribution is 2.28. The second-order valence-electron chi connectivity index (χ2n) is 7.35. The Bertz CT molecular complexity index is 880. The molecule has 4 rings (SSSR count). The van der Waals surface area contributed by atoms with Crippen molar-refractivity contribution in [3.8, 4) is 5.75 Å². The number of nitrogens with one attached hydrogen (secondary N) is 1. The van der Waals surface area contributed by atoms with E-state index in [4.69, 9.17) is 4.74 Å². The van der Waals surface area contributed by atoms with Gasteiger partial charge in [0.15, 0.2) is 0 Å². The number of anilines is 1. The van der Waals surface area contributed by atoms with Crippen molar-refractivity contribution in [2.75, 3.05) is 25.1 Å². The van der Waals surface area contributed by atoms with Gasteiger partial charge in [-0.25, -0.2) is 9.78 Å². The molecule has 0 unspecified atom stereocenters. The Morgan fingerprint density at radius 1 is 1.21 bits per heavy atom. The van der Waals surface area contributed by atoms with Gasteiger partial charge in [0.1, 0.15) is 11.6 Å². The molecule has 0 atom stereocenters. The minimum atomic E-state index is -0.263. The summed E-state index contributed by atoms with van der Waals surface area (Å²) in [6, 6.07) is 5.80. The largest absolute Gasteiger partial charge is 0.496 e. The Hall–Kier alpha value is -3.16. The molecule has 2 aliphatic rings. The molecule has 8 nitrogen and oxygen atoms in total. The van der Waals surface area contributed by atoms with Gasteiger partial charge in [0.2, 0.25) is 0 Å². The molecule has 1 aliphatic heterocycles. The highest BCUT2D eigenvalue weighted by atomic mass is 16.5. The molecule has 1 N–H and O–H groups in total. The van der Waals surface area contributed by atoms with Crippen LogP contribution in [0.15, 0.2) is 36.8 Å². The fraction of sp³-hybridized carbons (Fsp3) is 0.429. The van der Waals surface area contributed by atoms with Crippen molar-refractivity contribution in [1.29, 1.82) is 0 Å². The van der Waals surface area contributed by atoms with Gasteiger partial charge >= 0.3 is 6.03 Å². The van der Waals surface area contributed by atoms with Gasteiger partial charge < -0.3 is 15.0 Å². The van der Waals surface area contributed by atoms with Crippen LogP contribution in [0.2, 0.25) is 0 Å². The number of pyridine rings is 2. The number of hydrogen-bond donors (Lipinski definition) is 1. The summed E-state index contributed by atoms with van der Waals surface area (Å²) in [6.07, 6.45) is 9.37. The van der Waals surface area contributed by atoms with E-state index in [9.17, 15) is 9.59 Å². The molecular weight excluding hydrogens is 370 g/mol. The summed E-state index contributed by atoms with van der Waals surface area (Å²) in [5.41, 5.74) is 1.23. The fourth-order valence-electron chi connectivity index (χ4n) is 4.01. The number of ether oxygens (including phenoxy) is 1. The Morgan fingerprint density at radius 3 is 2.76 bits per heavy atom. The molecule has 29 heavy (non-hydrogen) atoms. The van der Waals surface area contributed by atoms with E-state index in [2.05, 4.69) is 15.3 Å². The Kier molecular flexibility index (Phi) is 5.59. The van der Waals surface area contributed by atoms with Crippen LogP contribution in [0.1, 0.15) is 41.6 Å². The van der Waals surface area contributed by atoms with E-state index in [0.717, 1.165) is 24.9 Å². The van der Waals surface area contributed by atoms with Crippen LogP contribution in [0, 0.1) is 0 Å². The number of methoxy groups -OCH3 is 1. The standard InChI is InChI=1S/C21H25N5O3/c1-29-18-8-9-22-14-17(18)20(27)24-13-15-6-7-19(23-12-15)26-11-10-25(21(26)28)16-4-2-3-5-16/h6-9,12,14,16H,2-5,10-11,13H2,1H3,(H,24,27). The maximum absolute atomic E-state index is 12.7. The van der Waals surface area contributed by atoms with Crippen molar-refractivity contribution >= 4 is 17.8 Å². The normalized spacial score (nSPS) is 17.1. The van der Waals surface area contributed by atoms with Crippen LogP contribution in [0.3, 0.4) is 0 Å². The number of hydrogen-bond acceptors (Lipinski definition) is 5. The molecule has 1 saturated heterocycles. The summed E-state index contributed by atoms with van der Waals surface area (Å²) in [4.78, 5) is 37.3. The van der Waals surface area contributed by atoms with Gasteiger partial charge in [-0.05, 0) is 30.5 Å². The zero-order valence-electron chi connectivity index (χ0n) is 16.5. The van der Waals surface area contributed by atoms with E-state index in [1.807, 2.05) is 17.0 Å². The maximum Gasteiger partial charge on any atom is 0.326 e. The molecule has 2 aromatic heterocycles. The van der Waals surface area contributed by atoms with Crippen LogP contribution in [0.4, 0.5) is 10.6 Å². The smallest absolute Gasteiger partial charge is 0.326 e. The molecule has 8 heteroatoms. The third kappa shape index (κ3) is 4.01. The van der Waals surface area contributed by atoms with Crippen LogP contribution in [-0.4, -0.2) is 53.0 Å². The number of carbonyl (C=O) groups excluding carboxylic acids is 2. The summed E-state index contributed by atoms with van der Waals surface area (Å²) in [6.45, 7) is 1.75. The summed E-state index contributed by atoms with van der Waals surface area (Å²) >= 11 is 0. The van der Waals surface area contributed by atoms with E-state index in [1.54, 1.807) is 23.4 Å². The molecule has 1 saturated carbocycles. The SMILES string of the molecule is COc1ccncc1C(=O)NCc1ccc(N2CCN(C3CCCC3)C2=O)nc1. The van der Waals surface area contributed by atoms with Gasteiger partial charge in [-0.1, -0.05) is 18.9 Å². The third-order valence-corrected chi connectivity index (χ3v) is 5.59. The van der Waals surface area contributed by atoms with E-state index in [1.165, 1.54) is 26.1 Å². The van der Waals surface area contributed by atoms with E-state index in [0.29, 0.717) is 36.3 Å². The number of rotatable bonds is 6. The lowest BCUT2D eigenvalue weighted by molar-refractivity contribution is 0.0947. The van der Waals surface area contributed by atoms with Crippen LogP contribution in [-0.2, 0) is 6.54 Å². The topological polar surface area (TPSA) is 87.7 Å². The predicted molar refractivity (Wildman–Crippen MR) is 108 cm³/mol. The zero-order chi connectivity index (χ0) is 20.2. The number of nitrogens with zero attached hydrogens (tertiary/aromatic N) is 4. The second-order valence-corrected chi connectivity index (χ2v) is 7.35. The number of urea groups is 1. The summed E-state index contributed by atoms with van der Waals surface area (Å²) in [5.74, 6) is 0.866. The van der Waals surface area contributed by atoms with E-state index < -0.39 is 0 Å². The summed E-state index contributed by atoms with van der Waals surface area (Å²) < 4.78 is 5.19. The van der Waals surface area contributed by atoms with Gasteiger partial charge in [-0.15, -0.1) is 0 Å². The first-order valence-corrected chi connectivity index (χ1v) is 9.96. The average Bonchev–Trinajstić information content (AvgIpc) is 3.42. The molecule has 3 amide bonds. The van der Waals surface area contributed by atoms with Gasteiger partial charge in [-0.3, -0.25) is 14.7 Å². The van der Waals surface area contributed by atoms with Crippen LogP contribution in [0.25, 0.3) is 0 Å². The number of aromatic nitrogens is 2. The van der Waals surface area contributed by atoms with Crippen molar-refractivity contribution in [1.82, 2.24) is 20.2 Å². The van der Waals surface area contributed by atoms with Crippen LogP contribution < -0.4 is 15.0 Å². The highest BCUT2D eigenvalue weighted by molar-refractivity contribution is 5.96. The summed E-state index contributed by atoms with van der Waals surface area (Å²) in [7, 11) is 1.52. The third-order valence-electron chi connectivity index (χ3n) is 5.59. The maximum atomic E-state index is 12.7. The van der Waals surface area contributed by atoms with Gasteiger partial charge in [-0.2, -0.15) is 0 Å². The van der Waals surface area contributed by atoms with E-state index in [-0.39, 0.29) is 11.9 Å². The first-order chi connectivity index (χ1) is 14.2. The van der Waals surface area contributed by atoms with Crippen molar-refractivity contribution in [3.63, 3.8) is 0 Å². The van der Waals surface area contributed by atoms with Crippen molar-refractivity contribution in [2.45, 2.75) is 38.3 Å². The average molecular weight is 395 g/mol. The number of amides is 3.